The zero-order valence-corrected chi connectivity index (χ0v) is 22.7. The second-order valence-corrected chi connectivity index (χ2v) is 11.2. The van der Waals surface area contributed by atoms with Gasteiger partial charge in [0.15, 0.2) is 5.82 Å². The molecule has 1 saturated carbocycles. The van der Waals surface area contributed by atoms with Gasteiger partial charge in [-0.15, -0.1) is 5.10 Å². The Morgan fingerprint density at radius 3 is 2.43 bits per heavy atom. The van der Waals surface area contributed by atoms with Crippen molar-refractivity contribution in [3.8, 4) is 0 Å². The third-order valence-electron chi connectivity index (χ3n) is 7.75. The van der Waals surface area contributed by atoms with Crippen molar-refractivity contribution in [3.63, 3.8) is 0 Å². The maximum Gasteiger partial charge on any atom is 0.252 e. The summed E-state index contributed by atoms with van der Waals surface area (Å²) in [4.78, 5) is 18.8. The maximum atomic E-state index is 13.3. The van der Waals surface area contributed by atoms with Crippen LogP contribution in [-0.2, 0) is 13.1 Å². The van der Waals surface area contributed by atoms with Crippen molar-refractivity contribution in [3.05, 3.63) is 86.5 Å². The third-order valence-corrected chi connectivity index (χ3v) is 7.75. The third kappa shape index (κ3) is 5.37. The molecule has 1 unspecified atom stereocenters. The van der Waals surface area contributed by atoms with Crippen LogP contribution in [0.1, 0.15) is 85.3 Å². The fourth-order valence-corrected chi connectivity index (χ4v) is 5.92. The SMILES string of the molecule is Cc1ccc(CN(Cc2cc3c(C)cc(C)cc3[nH]c2=O)C(c2nnnn2C2CCCC2)C(C)C)cc1. The number of H-pyrrole nitrogens is 1. The zero-order valence-electron chi connectivity index (χ0n) is 22.7. The second kappa shape index (κ2) is 10.6. The molecule has 0 amide bonds. The van der Waals surface area contributed by atoms with Crippen molar-refractivity contribution in [1.29, 1.82) is 0 Å². The highest BCUT2D eigenvalue weighted by molar-refractivity contribution is 5.83. The normalized spacial score (nSPS) is 15.3. The summed E-state index contributed by atoms with van der Waals surface area (Å²) in [6.45, 7) is 11.9. The number of benzene rings is 2. The number of rotatable bonds is 8. The minimum absolute atomic E-state index is 0.0360. The molecule has 1 fully saturated rings. The van der Waals surface area contributed by atoms with Crippen LogP contribution in [0.3, 0.4) is 0 Å². The minimum atomic E-state index is -0.0377. The van der Waals surface area contributed by atoms with Crippen molar-refractivity contribution in [2.45, 2.75) is 85.5 Å². The van der Waals surface area contributed by atoms with E-state index in [-0.39, 0.29) is 17.5 Å². The number of aromatic nitrogens is 5. The van der Waals surface area contributed by atoms with E-state index in [4.69, 9.17) is 0 Å². The first-order chi connectivity index (χ1) is 17.8. The van der Waals surface area contributed by atoms with Crippen molar-refractivity contribution < 1.29 is 0 Å². The number of hydrogen-bond donors (Lipinski definition) is 1. The Balaban J connectivity index is 1.58. The highest BCUT2D eigenvalue weighted by Gasteiger charge is 2.32. The summed E-state index contributed by atoms with van der Waals surface area (Å²) >= 11 is 0. The van der Waals surface area contributed by atoms with Crippen molar-refractivity contribution in [2.24, 2.45) is 5.92 Å². The minimum Gasteiger partial charge on any atom is -0.322 e. The summed E-state index contributed by atoms with van der Waals surface area (Å²) in [6.07, 6.45) is 4.66. The standard InChI is InChI=1S/C30H38N6O/c1-19(2)28(29-32-33-34-36(29)25-8-6-7-9-25)35(17-23-12-10-20(3)11-13-23)18-24-16-26-22(5)14-21(4)15-27(26)31-30(24)37/h10-16,19,25,28H,6-9,17-18H2,1-5H3,(H,31,37). The van der Waals surface area contributed by atoms with Gasteiger partial charge in [-0.05, 0) is 78.8 Å². The van der Waals surface area contributed by atoms with Gasteiger partial charge in [-0.2, -0.15) is 0 Å². The van der Waals surface area contributed by atoms with Crippen LogP contribution in [0.2, 0.25) is 0 Å². The van der Waals surface area contributed by atoms with Crippen LogP contribution in [0.4, 0.5) is 0 Å². The van der Waals surface area contributed by atoms with Crippen molar-refractivity contribution in [1.82, 2.24) is 30.1 Å². The number of nitrogens with one attached hydrogen (secondary N) is 1. The van der Waals surface area contributed by atoms with Crippen LogP contribution in [0.15, 0.2) is 47.3 Å². The molecule has 0 bridgehead atoms. The smallest absolute Gasteiger partial charge is 0.252 e. The van der Waals surface area contributed by atoms with Gasteiger partial charge in [0, 0.05) is 29.6 Å². The molecule has 7 heteroatoms. The quantitative estimate of drug-likeness (QED) is 0.324. The Morgan fingerprint density at radius 1 is 1.00 bits per heavy atom. The van der Waals surface area contributed by atoms with Gasteiger partial charge in [-0.25, -0.2) is 4.68 Å². The number of tetrazole rings is 1. The van der Waals surface area contributed by atoms with Gasteiger partial charge in [-0.1, -0.05) is 62.6 Å². The lowest BCUT2D eigenvalue weighted by Gasteiger charge is -2.34. The van der Waals surface area contributed by atoms with E-state index >= 15 is 0 Å². The molecule has 194 valence electrons. The van der Waals surface area contributed by atoms with E-state index in [9.17, 15) is 4.79 Å². The van der Waals surface area contributed by atoms with Gasteiger partial charge in [-0.3, -0.25) is 9.69 Å². The van der Waals surface area contributed by atoms with Crippen LogP contribution < -0.4 is 5.56 Å². The summed E-state index contributed by atoms with van der Waals surface area (Å²) in [5.41, 5.74) is 6.37. The molecular formula is C30H38N6O. The number of nitrogens with zero attached hydrogens (tertiary/aromatic N) is 5. The van der Waals surface area contributed by atoms with Crippen molar-refractivity contribution >= 4 is 10.9 Å². The molecule has 2 aromatic heterocycles. The molecule has 0 spiro atoms. The molecule has 2 heterocycles. The fraction of sp³-hybridized carbons (Fsp3) is 0.467. The highest BCUT2D eigenvalue weighted by Crippen LogP contribution is 2.35. The molecule has 0 radical (unpaired) electrons. The Hall–Kier alpha value is -3.32. The lowest BCUT2D eigenvalue weighted by molar-refractivity contribution is 0.123. The first-order valence-corrected chi connectivity index (χ1v) is 13.5. The largest absolute Gasteiger partial charge is 0.322 e. The molecule has 0 aliphatic heterocycles. The Bertz CT molecular complexity index is 1430. The van der Waals surface area contributed by atoms with Crippen LogP contribution >= 0.6 is 0 Å². The summed E-state index contributed by atoms with van der Waals surface area (Å²) in [5.74, 6) is 1.15. The molecule has 37 heavy (non-hydrogen) atoms. The Labute approximate surface area is 218 Å². The fourth-order valence-electron chi connectivity index (χ4n) is 5.92. The van der Waals surface area contributed by atoms with Gasteiger partial charge in [0.1, 0.15) is 0 Å². The van der Waals surface area contributed by atoms with E-state index < -0.39 is 0 Å². The van der Waals surface area contributed by atoms with Gasteiger partial charge < -0.3 is 4.98 Å². The predicted octanol–water partition coefficient (Wildman–Crippen LogP) is 5.95. The molecule has 5 rings (SSSR count). The number of pyridine rings is 1. The first-order valence-electron chi connectivity index (χ1n) is 13.5. The van der Waals surface area contributed by atoms with Gasteiger partial charge in [0.05, 0.1) is 12.1 Å². The molecule has 1 N–H and O–H groups in total. The van der Waals surface area contributed by atoms with Crippen LogP contribution in [0.25, 0.3) is 10.9 Å². The lowest BCUT2D eigenvalue weighted by Crippen LogP contribution is -2.35. The van der Waals surface area contributed by atoms with E-state index in [1.54, 1.807) is 0 Å². The summed E-state index contributed by atoms with van der Waals surface area (Å²) in [6, 6.07) is 15.3. The number of aryl methyl sites for hydroxylation is 3. The number of hydrogen-bond acceptors (Lipinski definition) is 5. The van der Waals surface area contributed by atoms with E-state index in [0.29, 0.717) is 19.1 Å². The number of fused-ring (bicyclic) bond motifs is 1. The average Bonchev–Trinajstić information content (AvgIpc) is 3.53. The molecule has 1 aliphatic rings. The van der Waals surface area contributed by atoms with Crippen LogP contribution in [-0.4, -0.2) is 30.1 Å². The molecular weight excluding hydrogens is 460 g/mol. The zero-order chi connectivity index (χ0) is 26.1. The van der Waals surface area contributed by atoms with Crippen molar-refractivity contribution in [2.75, 3.05) is 0 Å². The van der Waals surface area contributed by atoms with E-state index in [1.807, 2.05) is 6.07 Å². The Morgan fingerprint density at radius 2 is 1.73 bits per heavy atom. The van der Waals surface area contributed by atoms with Gasteiger partial charge in [0.2, 0.25) is 0 Å². The lowest BCUT2D eigenvalue weighted by atomic mass is 9.98. The van der Waals surface area contributed by atoms with E-state index in [1.165, 1.54) is 29.5 Å². The average molecular weight is 499 g/mol. The molecule has 7 nitrogen and oxygen atoms in total. The first kappa shape index (κ1) is 25.3. The van der Waals surface area contributed by atoms with Gasteiger partial charge >= 0.3 is 0 Å². The molecule has 1 atom stereocenters. The van der Waals surface area contributed by atoms with E-state index in [0.717, 1.165) is 40.7 Å². The summed E-state index contributed by atoms with van der Waals surface area (Å²) < 4.78 is 2.07. The number of aromatic amines is 1. The monoisotopic (exact) mass is 498 g/mol. The van der Waals surface area contributed by atoms with Crippen LogP contribution in [0.5, 0.6) is 0 Å². The predicted molar refractivity (Wildman–Crippen MR) is 147 cm³/mol. The second-order valence-electron chi connectivity index (χ2n) is 11.2. The Kier molecular flexibility index (Phi) is 7.24. The van der Waals surface area contributed by atoms with E-state index in [2.05, 4.69) is 101 Å². The highest BCUT2D eigenvalue weighted by atomic mass is 16.1. The summed E-state index contributed by atoms with van der Waals surface area (Å²) in [7, 11) is 0. The maximum absolute atomic E-state index is 13.3. The summed E-state index contributed by atoms with van der Waals surface area (Å²) in [5, 5.41) is 14.2. The molecule has 4 aromatic rings. The topological polar surface area (TPSA) is 79.7 Å². The molecule has 0 saturated heterocycles. The van der Waals surface area contributed by atoms with Crippen LogP contribution in [0, 0.1) is 26.7 Å². The van der Waals surface area contributed by atoms with Gasteiger partial charge in [0.25, 0.3) is 5.56 Å². The molecule has 1 aliphatic carbocycles. The molecule has 2 aromatic carbocycles.